The van der Waals surface area contributed by atoms with Crippen LogP contribution in [0.15, 0.2) is 24.4 Å². The summed E-state index contributed by atoms with van der Waals surface area (Å²) in [5.41, 5.74) is 2.26. The van der Waals surface area contributed by atoms with E-state index in [4.69, 9.17) is 5.84 Å². The van der Waals surface area contributed by atoms with Gasteiger partial charge in [-0.15, -0.1) is 5.10 Å². The van der Waals surface area contributed by atoms with Gasteiger partial charge in [0.25, 0.3) is 11.6 Å². The van der Waals surface area contributed by atoms with Gasteiger partial charge in [-0.3, -0.25) is 20.8 Å². The Hall–Kier alpha value is -2.59. The van der Waals surface area contributed by atoms with Crippen LogP contribution >= 0.6 is 11.5 Å². The molecule has 1 amide bonds. The number of hydrogen-bond donors (Lipinski definition) is 3. The molecular weight excluding hydrogens is 272 g/mol. The lowest BCUT2D eigenvalue weighted by Gasteiger charge is -2.05. The first-order valence-electron chi connectivity index (χ1n) is 4.95. The van der Waals surface area contributed by atoms with Crippen molar-refractivity contribution < 1.29 is 9.72 Å². The SMILES string of the molecule is NNc1cc(C(=O)Nc2cnns2)ccc1[N+](=O)[O-]. The highest BCUT2D eigenvalue weighted by Crippen LogP contribution is 2.25. The third-order valence-electron chi connectivity index (χ3n) is 2.21. The number of nitrogens with zero attached hydrogens (tertiary/aromatic N) is 3. The van der Waals surface area contributed by atoms with Crippen molar-refractivity contribution in [2.24, 2.45) is 5.84 Å². The normalized spacial score (nSPS) is 9.95. The van der Waals surface area contributed by atoms with Crippen LogP contribution in [0.3, 0.4) is 0 Å². The smallest absolute Gasteiger partial charge is 0.293 e. The van der Waals surface area contributed by atoms with Gasteiger partial charge in [0.2, 0.25) is 0 Å². The molecule has 0 saturated carbocycles. The third-order valence-corrected chi connectivity index (χ3v) is 2.79. The Balaban J connectivity index is 2.25. The van der Waals surface area contributed by atoms with Crippen LogP contribution in [0.1, 0.15) is 10.4 Å². The summed E-state index contributed by atoms with van der Waals surface area (Å²) in [6.07, 6.45) is 1.40. The number of aromatic nitrogens is 2. The number of rotatable bonds is 4. The van der Waals surface area contributed by atoms with Crippen LogP contribution in [0, 0.1) is 10.1 Å². The average molecular weight is 280 g/mol. The first-order chi connectivity index (χ1) is 9.11. The summed E-state index contributed by atoms with van der Waals surface area (Å²) in [6, 6.07) is 3.83. The fourth-order valence-electron chi connectivity index (χ4n) is 1.36. The van der Waals surface area contributed by atoms with Crippen molar-refractivity contribution in [2.75, 3.05) is 10.7 Å². The summed E-state index contributed by atoms with van der Waals surface area (Å²) in [4.78, 5) is 22.0. The van der Waals surface area contributed by atoms with Gasteiger partial charge in [-0.1, -0.05) is 4.49 Å². The number of carbonyl (C=O) groups excluding carboxylic acids is 1. The van der Waals surface area contributed by atoms with E-state index in [2.05, 4.69) is 20.3 Å². The number of carbonyl (C=O) groups is 1. The Morgan fingerprint density at radius 2 is 2.26 bits per heavy atom. The second-order valence-electron chi connectivity index (χ2n) is 3.37. The quantitative estimate of drug-likeness (QED) is 0.431. The van der Waals surface area contributed by atoms with Crippen molar-refractivity contribution in [1.82, 2.24) is 9.59 Å². The predicted octanol–water partition coefficient (Wildman–Crippen LogP) is 0.984. The first kappa shape index (κ1) is 12.9. The van der Waals surface area contributed by atoms with E-state index in [-0.39, 0.29) is 16.9 Å². The lowest BCUT2D eigenvalue weighted by Crippen LogP contribution is -2.14. The summed E-state index contributed by atoms with van der Waals surface area (Å²) in [6.45, 7) is 0. The molecule has 0 aliphatic heterocycles. The molecule has 0 fully saturated rings. The summed E-state index contributed by atoms with van der Waals surface area (Å²) >= 11 is 1.02. The van der Waals surface area contributed by atoms with Gasteiger partial charge in [0.05, 0.1) is 11.1 Å². The fraction of sp³-hybridized carbons (Fsp3) is 0. The molecule has 1 aromatic carbocycles. The summed E-state index contributed by atoms with van der Waals surface area (Å²) in [7, 11) is 0. The van der Waals surface area contributed by atoms with Gasteiger partial charge >= 0.3 is 0 Å². The molecule has 2 aromatic rings. The Labute approximate surface area is 110 Å². The highest BCUT2D eigenvalue weighted by molar-refractivity contribution is 7.10. The second kappa shape index (κ2) is 5.37. The first-order valence-corrected chi connectivity index (χ1v) is 5.73. The number of anilines is 2. The maximum atomic E-state index is 11.9. The van der Waals surface area contributed by atoms with E-state index in [1.54, 1.807) is 0 Å². The maximum absolute atomic E-state index is 11.9. The minimum atomic E-state index is -0.593. The lowest BCUT2D eigenvalue weighted by molar-refractivity contribution is -0.384. The minimum absolute atomic E-state index is 0.0556. The molecule has 0 saturated heterocycles. The molecule has 0 atom stereocenters. The maximum Gasteiger partial charge on any atom is 0.293 e. The van der Waals surface area contributed by atoms with Crippen LogP contribution in [-0.4, -0.2) is 20.4 Å². The number of hydrazine groups is 1. The van der Waals surface area contributed by atoms with Crippen LogP contribution in [0.2, 0.25) is 0 Å². The second-order valence-corrected chi connectivity index (χ2v) is 4.15. The molecule has 0 unspecified atom stereocenters. The molecule has 10 heteroatoms. The molecule has 0 bridgehead atoms. The standard InChI is InChI=1S/C9H8N6O3S/c10-13-6-3-5(1-2-7(6)15(17)18)9(16)12-8-4-11-14-19-8/h1-4,13H,10H2,(H,12,16). The summed E-state index contributed by atoms with van der Waals surface area (Å²) in [5.74, 6) is 4.76. The molecule has 98 valence electrons. The highest BCUT2D eigenvalue weighted by Gasteiger charge is 2.16. The molecular formula is C9H8N6O3S. The minimum Gasteiger partial charge on any atom is -0.318 e. The zero-order chi connectivity index (χ0) is 13.8. The van der Waals surface area contributed by atoms with Crippen LogP contribution in [0.25, 0.3) is 0 Å². The number of nitrogens with two attached hydrogens (primary N) is 1. The van der Waals surface area contributed by atoms with Crippen LogP contribution in [0.5, 0.6) is 0 Å². The van der Waals surface area contributed by atoms with E-state index >= 15 is 0 Å². The Morgan fingerprint density at radius 1 is 1.47 bits per heavy atom. The largest absolute Gasteiger partial charge is 0.318 e. The number of nitrogens with one attached hydrogen (secondary N) is 2. The molecule has 1 heterocycles. The Bertz CT molecular complexity index is 614. The summed E-state index contributed by atoms with van der Waals surface area (Å²) in [5, 5.41) is 17.3. The number of nitro groups is 1. The molecule has 19 heavy (non-hydrogen) atoms. The van der Waals surface area contributed by atoms with Crippen molar-refractivity contribution in [3.63, 3.8) is 0 Å². The molecule has 0 spiro atoms. The third kappa shape index (κ3) is 2.81. The summed E-state index contributed by atoms with van der Waals surface area (Å²) < 4.78 is 3.60. The molecule has 0 radical (unpaired) electrons. The van der Waals surface area contributed by atoms with Crippen molar-refractivity contribution in [3.8, 4) is 0 Å². The van der Waals surface area contributed by atoms with Gasteiger partial charge in [-0.25, -0.2) is 0 Å². The molecule has 0 aliphatic rings. The molecule has 1 aromatic heterocycles. The molecule has 0 aliphatic carbocycles. The predicted molar refractivity (Wildman–Crippen MR) is 68.8 cm³/mol. The van der Waals surface area contributed by atoms with Gasteiger partial charge in [-0.05, 0) is 12.1 Å². The van der Waals surface area contributed by atoms with Gasteiger partial charge in [-0.2, -0.15) is 0 Å². The van der Waals surface area contributed by atoms with E-state index in [1.165, 1.54) is 24.4 Å². The Kier molecular flexibility index (Phi) is 3.63. The van der Waals surface area contributed by atoms with Crippen molar-refractivity contribution >= 4 is 33.8 Å². The van der Waals surface area contributed by atoms with Crippen LogP contribution < -0.4 is 16.6 Å². The zero-order valence-electron chi connectivity index (χ0n) is 9.36. The zero-order valence-corrected chi connectivity index (χ0v) is 10.2. The van der Waals surface area contributed by atoms with E-state index in [9.17, 15) is 14.9 Å². The van der Waals surface area contributed by atoms with E-state index in [0.717, 1.165) is 11.5 Å². The number of benzene rings is 1. The fourth-order valence-corrected chi connectivity index (χ4v) is 1.77. The van der Waals surface area contributed by atoms with Crippen molar-refractivity contribution in [1.29, 1.82) is 0 Å². The monoisotopic (exact) mass is 280 g/mol. The van der Waals surface area contributed by atoms with Crippen molar-refractivity contribution in [3.05, 3.63) is 40.1 Å². The van der Waals surface area contributed by atoms with Gasteiger partial charge in [0.15, 0.2) is 0 Å². The van der Waals surface area contributed by atoms with Crippen LogP contribution in [0.4, 0.5) is 16.4 Å². The number of amides is 1. The van der Waals surface area contributed by atoms with Gasteiger partial charge in [0, 0.05) is 23.2 Å². The van der Waals surface area contributed by atoms with E-state index in [0.29, 0.717) is 5.00 Å². The highest BCUT2D eigenvalue weighted by atomic mass is 32.1. The van der Waals surface area contributed by atoms with E-state index < -0.39 is 10.8 Å². The van der Waals surface area contributed by atoms with Gasteiger partial charge < -0.3 is 10.7 Å². The van der Waals surface area contributed by atoms with Crippen molar-refractivity contribution in [2.45, 2.75) is 0 Å². The molecule has 2 rings (SSSR count). The molecule has 9 nitrogen and oxygen atoms in total. The lowest BCUT2D eigenvalue weighted by atomic mass is 10.1. The molecule has 4 N–H and O–H groups in total. The van der Waals surface area contributed by atoms with E-state index in [1.807, 2.05) is 0 Å². The number of hydrogen-bond acceptors (Lipinski definition) is 8. The topological polar surface area (TPSA) is 136 Å². The Morgan fingerprint density at radius 3 is 2.84 bits per heavy atom. The number of nitro benzene ring substituents is 1. The average Bonchev–Trinajstić information content (AvgIpc) is 2.90. The number of nitrogen functional groups attached to an aromatic ring is 1. The van der Waals surface area contributed by atoms with Gasteiger partial charge in [0.1, 0.15) is 10.7 Å². The van der Waals surface area contributed by atoms with Crippen LogP contribution in [-0.2, 0) is 0 Å².